The number of hydroxylamine groups is 1. The standard InChI is InChI=1S/C28H33NO4/c1-17-16-28(2,3)29(32-6)20-13-12-19-24-21(14-15-22(30-4)27(24)31-5)33-26(25(19)23(17)20)18-10-8-7-9-11-18/h7-8,12-16,18,26H,9-11H2,1-6H3. The van der Waals surface area contributed by atoms with Crippen molar-refractivity contribution < 1.29 is 19.0 Å². The van der Waals surface area contributed by atoms with Crippen LogP contribution in [0.5, 0.6) is 17.2 Å². The van der Waals surface area contributed by atoms with Gasteiger partial charge in [0.1, 0.15) is 11.9 Å². The number of nitrogens with zero attached hydrogens (tertiary/aromatic N) is 1. The number of ether oxygens (including phenoxy) is 3. The van der Waals surface area contributed by atoms with Crippen molar-refractivity contribution in [2.24, 2.45) is 5.92 Å². The molecule has 33 heavy (non-hydrogen) atoms. The fourth-order valence-corrected chi connectivity index (χ4v) is 5.89. The lowest BCUT2D eigenvalue weighted by atomic mass is 9.76. The number of anilines is 1. The first kappa shape index (κ1) is 21.9. The van der Waals surface area contributed by atoms with Gasteiger partial charge >= 0.3 is 0 Å². The van der Waals surface area contributed by atoms with E-state index in [0.717, 1.165) is 41.8 Å². The summed E-state index contributed by atoms with van der Waals surface area (Å²) in [5.41, 5.74) is 6.59. The van der Waals surface area contributed by atoms with Crippen molar-refractivity contribution in [2.45, 2.75) is 51.7 Å². The van der Waals surface area contributed by atoms with Gasteiger partial charge in [-0.15, -0.1) is 0 Å². The van der Waals surface area contributed by atoms with Gasteiger partial charge in [0.15, 0.2) is 11.5 Å². The predicted molar refractivity (Wildman–Crippen MR) is 132 cm³/mol. The monoisotopic (exact) mass is 447 g/mol. The second-order valence-electron chi connectivity index (χ2n) is 9.64. The maximum absolute atomic E-state index is 6.82. The second kappa shape index (κ2) is 8.14. The van der Waals surface area contributed by atoms with Gasteiger partial charge in [-0.1, -0.05) is 24.3 Å². The number of rotatable bonds is 4. The van der Waals surface area contributed by atoms with Gasteiger partial charge in [-0.3, -0.25) is 4.84 Å². The molecule has 174 valence electrons. The molecule has 2 aromatic carbocycles. The fraction of sp³-hybridized carbons (Fsp3) is 0.429. The molecule has 0 N–H and O–H groups in total. The highest BCUT2D eigenvalue weighted by Crippen LogP contribution is 2.57. The molecule has 0 saturated heterocycles. The maximum atomic E-state index is 6.82. The molecule has 5 rings (SSSR count). The highest BCUT2D eigenvalue weighted by molar-refractivity contribution is 5.92. The first-order valence-electron chi connectivity index (χ1n) is 11.7. The summed E-state index contributed by atoms with van der Waals surface area (Å²) in [6, 6.07) is 8.31. The van der Waals surface area contributed by atoms with Crippen molar-refractivity contribution in [1.29, 1.82) is 0 Å². The number of benzene rings is 2. The molecule has 2 unspecified atom stereocenters. The van der Waals surface area contributed by atoms with Gasteiger partial charge in [0.25, 0.3) is 0 Å². The van der Waals surface area contributed by atoms with E-state index in [-0.39, 0.29) is 11.6 Å². The van der Waals surface area contributed by atoms with Crippen LogP contribution < -0.4 is 19.3 Å². The smallest absolute Gasteiger partial charge is 0.172 e. The predicted octanol–water partition coefficient (Wildman–Crippen LogP) is 6.72. The SMILES string of the molecule is COc1ccc2c(c1OC)-c1ccc3c(c1C(C1CC=CCC1)O2)C(C)=CC(C)(C)N3OC. The van der Waals surface area contributed by atoms with E-state index >= 15 is 0 Å². The van der Waals surface area contributed by atoms with Crippen LogP contribution in [0.4, 0.5) is 5.69 Å². The van der Waals surface area contributed by atoms with Gasteiger partial charge in [-0.05, 0) is 69.4 Å². The van der Waals surface area contributed by atoms with Crippen LogP contribution in [0.15, 0.2) is 42.5 Å². The van der Waals surface area contributed by atoms with Crippen LogP contribution in [0.2, 0.25) is 0 Å². The zero-order valence-electron chi connectivity index (χ0n) is 20.4. The number of allylic oxidation sites excluding steroid dienone is 3. The van der Waals surface area contributed by atoms with E-state index in [1.807, 2.05) is 17.2 Å². The Bertz CT molecular complexity index is 1150. The minimum atomic E-state index is -0.252. The quantitative estimate of drug-likeness (QED) is 0.486. The third-order valence-corrected chi connectivity index (χ3v) is 7.17. The van der Waals surface area contributed by atoms with Crippen molar-refractivity contribution in [3.05, 3.63) is 53.6 Å². The summed E-state index contributed by atoms with van der Waals surface area (Å²) in [7, 11) is 5.10. The molecule has 0 saturated carbocycles. The van der Waals surface area contributed by atoms with E-state index < -0.39 is 0 Å². The third kappa shape index (κ3) is 3.33. The molecular formula is C28H33NO4. The average molecular weight is 448 g/mol. The first-order valence-corrected chi connectivity index (χ1v) is 11.7. The van der Waals surface area contributed by atoms with E-state index in [1.165, 1.54) is 16.7 Å². The zero-order chi connectivity index (χ0) is 23.3. The van der Waals surface area contributed by atoms with E-state index in [4.69, 9.17) is 19.0 Å². The van der Waals surface area contributed by atoms with E-state index in [2.05, 4.69) is 51.1 Å². The molecule has 3 aliphatic rings. The minimum absolute atomic E-state index is 0.0474. The lowest BCUT2D eigenvalue weighted by Gasteiger charge is -2.44. The van der Waals surface area contributed by atoms with Crippen LogP contribution in [0.3, 0.4) is 0 Å². The second-order valence-corrected chi connectivity index (χ2v) is 9.64. The minimum Gasteiger partial charge on any atom is -0.493 e. The fourth-order valence-electron chi connectivity index (χ4n) is 5.89. The van der Waals surface area contributed by atoms with Crippen LogP contribution in [0.1, 0.15) is 57.3 Å². The Hall–Kier alpha value is -2.92. The Kier molecular flexibility index (Phi) is 5.40. The van der Waals surface area contributed by atoms with Crippen LogP contribution in [-0.4, -0.2) is 26.9 Å². The number of hydrogen-bond donors (Lipinski definition) is 0. The third-order valence-electron chi connectivity index (χ3n) is 7.17. The van der Waals surface area contributed by atoms with Crippen molar-refractivity contribution in [3.63, 3.8) is 0 Å². The summed E-state index contributed by atoms with van der Waals surface area (Å²) < 4.78 is 18.3. The lowest BCUT2D eigenvalue weighted by Crippen LogP contribution is -2.44. The summed E-state index contributed by atoms with van der Waals surface area (Å²) in [5.74, 6) is 2.66. The van der Waals surface area contributed by atoms with E-state index in [1.54, 1.807) is 21.3 Å². The van der Waals surface area contributed by atoms with Crippen LogP contribution in [0, 0.1) is 5.92 Å². The molecule has 0 spiro atoms. The van der Waals surface area contributed by atoms with Crippen LogP contribution >= 0.6 is 0 Å². The lowest BCUT2D eigenvalue weighted by molar-refractivity contribution is 0.118. The Balaban J connectivity index is 1.81. The molecule has 1 aliphatic carbocycles. The van der Waals surface area contributed by atoms with Gasteiger partial charge in [-0.2, -0.15) is 0 Å². The maximum Gasteiger partial charge on any atom is 0.172 e. The van der Waals surface area contributed by atoms with E-state index in [9.17, 15) is 0 Å². The Morgan fingerprint density at radius 2 is 1.82 bits per heavy atom. The molecule has 2 heterocycles. The van der Waals surface area contributed by atoms with Crippen molar-refractivity contribution in [3.8, 4) is 28.4 Å². The largest absolute Gasteiger partial charge is 0.493 e. The van der Waals surface area contributed by atoms with Crippen LogP contribution in [-0.2, 0) is 4.84 Å². The number of fused-ring (bicyclic) bond motifs is 5. The van der Waals surface area contributed by atoms with Crippen LogP contribution in [0.25, 0.3) is 16.7 Å². The average Bonchev–Trinajstić information content (AvgIpc) is 2.82. The molecule has 5 heteroatoms. The van der Waals surface area contributed by atoms with E-state index in [0.29, 0.717) is 17.4 Å². The topological polar surface area (TPSA) is 40.2 Å². The molecule has 0 bridgehead atoms. The molecule has 2 aliphatic heterocycles. The molecule has 0 amide bonds. The summed E-state index contributed by atoms with van der Waals surface area (Å²) in [4.78, 5) is 5.90. The molecular weight excluding hydrogens is 414 g/mol. The first-order chi connectivity index (χ1) is 15.9. The van der Waals surface area contributed by atoms with Gasteiger partial charge in [0, 0.05) is 17.0 Å². The number of methoxy groups -OCH3 is 2. The normalized spacial score (nSPS) is 22.5. The van der Waals surface area contributed by atoms with Crippen molar-refractivity contribution >= 4 is 11.3 Å². The Morgan fingerprint density at radius 1 is 1.00 bits per heavy atom. The highest BCUT2D eigenvalue weighted by Gasteiger charge is 2.41. The van der Waals surface area contributed by atoms with Gasteiger partial charge in [0.05, 0.1) is 38.1 Å². The number of hydrogen-bond acceptors (Lipinski definition) is 5. The Morgan fingerprint density at radius 3 is 2.48 bits per heavy atom. The summed E-state index contributed by atoms with van der Waals surface area (Å²) in [6.45, 7) is 6.54. The summed E-state index contributed by atoms with van der Waals surface area (Å²) >= 11 is 0. The molecule has 0 radical (unpaired) electrons. The van der Waals surface area contributed by atoms with Gasteiger partial charge < -0.3 is 14.2 Å². The van der Waals surface area contributed by atoms with Crippen molar-refractivity contribution in [2.75, 3.05) is 26.4 Å². The van der Waals surface area contributed by atoms with Crippen molar-refractivity contribution in [1.82, 2.24) is 0 Å². The molecule has 5 nitrogen and oxygen atoms in total. The molecule has 0 fully saturated rings. The summed E-state index contributed by atoms with van der Waals surface area (Å²) in [6.07, 6.45) is 10.0. The molecule has 0 aromatic heterocycles. The molecule has 2 atom stereocenters. The van der Waals surface area contributed by atoms with Gasteiger partial charge in [-0.25, -0.2) is 5.06 Å². The van der Waals surface area contributed by atoms with Gasteiger partial charge in [0.2, 0.25) is 0 Å². The highest BCUT2D eigenvalue weighted by atomic mass is 16.7. The summed E-state index contributed by atoms with van der Waals surface area (Å²) in [5, 5.41) is 2.01. The molecule has 2 aromatic rings. The zero-order valence-corrected chi connectivity index (χ0v) is 20.4. The Labute approximate surface area is 196 Å².